The van der Waals surface area contributed by atoms with Crippen LogP contribution in [0.1, 0.15) is 13.8 Å². The smallest absolute Gasteiger partial charge is 0.174 e. The van der Waals surface area contributed by atoms with Gasteiger partial charge in [0.25, 0.3) is 0 Å². The van der Waals surface area contributed by atoms with Gasteiger partial charge in [-0.2, -0.15) is 0 Å². The Morgan fingerprint density at radius 3 is 2.83 bits per heavy atom. The first-order valence-corrected chi connectivity index (χ1v) is 5.60. The third-order valence-corrected chi connectivity index (χ3v) is 3.91. The summed E-state index contributed by atoms with van der Waals surface area (Å²) in [6.45, 7) is 4.35. The van der Waals surface area contributed by atoms with E-state index in [1.54, 1.807) is 28.6 Å². The molecule has 0 aliphatic heterocycles. The van der Waals surface area contributed by atoms with Crippen LogP contribution in [0.25, 0.3) is 0 Å². The van der Waals surface area contributed by atoms with E-state index in [0.29, 0.717) is 11.3 Å². The summed E-state index contributed by atoms with van der Waals surface area (Å²) in [4.78, 5) is 0. The van der Waals surface area contributed by atoms with Gasteiger partial charge in [0.1, 0.15) is 5.51 Å². The van der Waals surface area contributed by atoms with Gasteiger partial charge in [0.05, 0.1) is 0 Å². The normalized spacial score (nSPS) is 15.9. The molecule has 0 saturated heterocycles. The molecule has 3 nitrogen and oxygen atoms in total. The minimum Gasteiger partial charge on any atom is -0.316 e. The van der Waals surface area contributed by atoms with Crippen molar-refractivity contribution in [3.8, 4) is 0 Å². The number of hydrogen-bond donors (Lipinski definition) is 1. The number of nitrogens with zero attached hydrogens (tertiary/aromatic N) is 2. The van der Waals surface area contributed by atoms with Crippen molar-refractivity contribution in [2.45, 2.75) is 29.5 Å². The van der Waals surface area contributed by atoms with E-state index in [4.69, 9.17) is 0 Å². The van der Waals surface area contributed by atoms with Crippen molar-refractivity contribution < 1.29 is 0 Å². The van der Waals surface area contributed by atoms with E-state index >= 15 is 0 Å². The fourth-order valence-corrected chi connectivity index (χ4v) is 2.55. The first kappa shape index (κ1) is 9.95. The van der Waals surface area contributed by atoms with Gasteiger partial charge in [-0.1, -0.05) is 30.0 Å². The van der Waals surface area contributed by atoms with Gasteiger partial charge in [-0.15, -0.1) is 10.2 Å². The minimum absolute atomic E-state index is 0.499. The lowest BCUT2D eigenvalue weighted by atomic mass is 10.3. The summed E-state index contributed by atoms with van der Waals surface area (Å²) in [5.74, 6) is 0. The van der Waals surface area contributed by atoms with Crippen molar-refractivity contribution >= 4 is 23.1 Å². The Labute approximate surface area is 81.0 Å². The largest absolute Gasteiger partial charge is 0.316 e. The second-order valence-electron chi connectivity index (χ2n) is 2.60. The molecule has 0 saturated carbocycles. The Bertz CT molecular complexity index is 212. The van der Waals surface area contributed by atoms with Crippen molar-refractivity contribution in [2.24, 2.45) is 0 Å². The van der Waals surface area contributed by atoms with Crippen molar-refractivity contribution in [1.29, 1.82) is 0 Å². The highest BCUT2D eigenvalue weighted by Crippen LogP contribution is 2.25. The average molecular weight is 203 g/mol. The maximum absolute atomic E-state index is 3.98. The molecule has 0 fully saturated rings. The molecule has 0 aliphatic carbocycles. The Morgan fingerprint density at radius 2 is 2.33 bits per heavy atom. The molecule has 0 amide bonds. The SMILES string of the molecule is CNC(C)C(C)Sc1nncs1. The average Bonchev–Trinajstić information content (AvgIpc) is 2.55. The third kappa shape index (κ3) is 2.73. The highest BCUT2D eigenvalue weighted by molar-refractivity contribution is 8.01. The quantitative estimate of drug-likeness (QED) is 0.755. The fourth-order valence-electron chi connectivity index (χ4n) is 0.710. The van der Waals surface area contributed by atoms with Gasteiger partial charge in [-0.3, -0.25) is 0 Å². The molecule has 2 atom stereocenters. The van der Waals surface area contributed by atoms with E-state index in [0.717, 1.165) is 4.34 Å². The summed E-state index contributed by atoms with van der Waals surface area (Å²) >= 11 is 3.36. The summed E-state index contributed by atoms with van der Waals surface area (Å²) < 4.78 is 1.05. The molecule has 0 aromatic carbocycles. The standard InChI is InChI=1S/C7H13N3S2/c1-5(8-3)6(2)12-7-10-9-4-11-7/h4-6,8H,1-3H3. The maximum Gasteiger partial charge on any atom is 0.174 e. The number of aromatic nitrogens is 2. The zero-order chi connectivity index (χ0) is 8.97. The van der Waals surface area contributed by atoms with Crippen LogP contribution in [0.4, 0.5) is 0 Å². The zero-order valence-corrected chi connectivity index (χ0v) is 9.08. The Morgan fingerprint density at radius 1 is 1.58 bits per heavy atom. The zero-order valence-electron chi connectivity index (χ0n) is 7.44. The number of hydrogen-bond acceptors (Lipinski definition) is 5. The lowest BCUT2D eigenvalue weighted by Crippen LogP contribution is -2.30. The Hall–Kier alpha value is -0.130. The van der Waals surface area contributed by atoms with Crippen LogP contribution in [0.3, 0.4) is 0 Å². The van der Waals surface area contributed by atoms with Crippen LogP contribution >= 0.6 is 23.1 Å². The van der Waals surface area contributed by atoms with Crippen LogP contribution in [-0.4, -0.2) is 28.5 Å². The Kier molecular flexibility index (Phi) is 3.97. The molecule has 1 rings (SSSR count). The van der Waals surface area contributed by atoms with Gasteiger partial charge in [-0.05, 0) is 14.0 Å². The number of rotatable bonds is 4. The van der Waals surface area contributed by atoms with Gasteiger partial charge in [-0.25, -0.2) is 0 Å². The van der Waals surface area contributed by atoms with E-state index in [1.165, 1.54) is 0 Å². The predicted molar refractivity (Wildman–Crippen MR) is 53.7 cm³/mol. The molecule has 1 heterocycles. The van der Waals surface area contributed by atoms with Gasteiger partial charge < -0.3 is 5.32 Å². The second-order valence-corrected chi connectivity index (χ2v) is 5.06. The molecule has 1 aromatic rings. The van der Waals surface area contributed by atoms with E-state index in [1.807, 2.05) is 7.05 Å². The van der Waals surface area contributed by atoms with Crippen molar-refractivity contribution in [2.75, 3.05) is 7.05 Å². The lowest BCUT2D eigenvalue weighted by molar-refractivity contribution is 0.605. The van der Waals surface area contributed by atoms with Gasteiger partial charge in [0, 0.05) is 11.3 Å². The monoisotopic (exact) mass is 203 g/mol. The molecule has 2 unspecified atom stereocenters. The summed E-state index contributed by atoms with van der Waals surface area (Å²) in [6, 6.07) is 0.499. The van der Waals surface area contributed by atoms with Crippen LogP contribution < -0.4 is 5.32 Å². The second kappa shape index (κ2) is 4.79. The van der Waals surface area contributed by atoms with Crippen LogP contribution in [-0.2, 0) is 0 Å². The Balaban J connectivity index is 2.41. The van der Waals surface area contributed by atoms with Crippen molar-refractivity contribution in [3.63, 3.8) is 0 Å². The van der Waals surface area contributed by atoms with Crippen molar-refractivity contribution in [1.82, 2.24) is 15.5 Å². The van der Waals surface area contributed by atoms with Crippen molar-refractivity contribution in [3.05, 3.63) is 5.51 Å². The highest BCUT2D eigenvalue weighted by Gasteiger charge is 2.12. The highest BCUT2D eigenvalue weighted by atomic mass is 32.2. The number of thioether (sulfide) groups is 1. The predicted octanol–water partition coefficient (Wildman–Crippen LogP) is 1.63. The third-order valence-electron chi connectivity index (χ3n) is 1.79. The molecule has 0 radical (unpaired) electrons. The molecular formula is C7H13N3S2. The van der Waals surface area contributed by atoms with E-state index < -0.39 is 0 Å². The summed E-state index contributed by atoms with van der Waals surface area (Å²) in [5, 5.41) is 11.5. The minimum atomic E-state index is 0.499. The van der Waals surface area contributed by atoms with E-state index in [9.17, 15) is 0 Å². The molecule has 5 heteroatoms. The fraction of sp³-hybridized carbons (Fsp3) is 0.714. The van der Waals surface area contributed by atoms with E-state index in [2.05, 4.69) is 29.4 Å². The molecule has 1 N–H and O–H groups in total. The molecule has 0 aliphatic rings. The van der Waals surface area contributed by atoms with Crippen LogP contribution in [0, 0.1) is 0 Å². The first-order valence-electron chi connectivity index (χ1n) is 3.84. The van der Waals surface area contributed by atoms with E-state index in [-0.39, 0.29) is 0 Å². The van der Waals surface area contributed by atoms with Crippen LogP contribution in [0.15, 0.2) is 9.85 Å². The molecule has 12 heavy (non-hydrogen) atoms. The van der Waals surface area contributed by atoms with Gasteiger partial charge >= 0.3 is 0 Å². The molecular weight excluding hydrogens is 190 g/mol. The van der Waals surface area contributed by atoms with Crippen LogP contribution in [0.2, 0.25) is 0 Å². The lowest BCUT2D eigenvalue weighted by Gasteiger charge is -2.16. The molecule has 0 spiro atoms. The summed E-state index contributed by atoms with van der Waals surface area (Å²) in [5.41, 5.74) is 1.76. The topological polar surface area (TPSA) is 37.8 Å². The van der Waals surface area contributed by atoms with Gasteiger partial charge in [0.15, 0.2) is 4.34 Å². The molecule has 0 bridgehead atoms. The summed E-state index contributed by atoms with van der Waals surface area (Å²) in [7, 11) is 1.97. The first-order chi connectivity index (χ1) is 5.74. The molecule has 1 aromatic heterocycles. The van der Waals surface area contributed by atoms with Gasteiger partial charge in [0.2, 0.25) is 0 Å². The van der Waals surface area contributed by atoms with Crippen LogP contribution in [0.5, 0.6) is 0 Å². The summed E-state index contributed by atoms with van der Waals surface area (Å²) in [6.07, 6.45) is 0. The maximum atomic E-state index is 3.98. The number of nitrogens with one attached hydrogen (secondary N) is 1. The molecule has 68 valence electrons.